The van der Waals surface area contributed by atoms with Gasteiger partial charge in [-0.2, -0.15) is 13.2 Å². The lowest BCUT2D eigenvalue weighted by Crippen LogP contribution is -2.36. The van der Waals surface area contributed by atoms with Gasteiger partial charge in [-0.05, 0) is 30.9 Å². The van der Waals surface area contributed by atoms with Crippen molar-refractivity contribution in [1.82, 2.24) is 4.98 Å². The fourth-order valence-corrected chi connectivity index (χ4v) is 2.47. The van der Waals surface area contributed by atoms with Crippen LogP contribution in [0.15, 0.2) is 12.1 Å². The first-order valence-electron chi connectivity index (χ1n) is 6.50. The highest BCUT2D eigenvalue weighted by molar-refractivity contribution is 5.49. The van der Waals surface area contributed by atoms with Crippen molar-refractivity contribution in [2.24, 2.45) is 5.92 Å². The molecule has 0 spiro atoms. The number of hydrogen-bond acceptors (Lipinski definition) is 3. The zero-order chi connectivity index (χ0) is 14.0. The van der Waals surface area contributed by atoms with Crippen molar-refractivity contribution in [2.75, 3.05) is 23.7 Å². The van der Waals surface area contributed by atoms with Gasteiger partial charge in [0.1, 0.15) is 11.6 Å². The van der Waals surface area contributed by atoms with Gasteiger partial charge in [0.25, 0.3) is 0 Å². The number of halogens is 3. The zero-order valence-corrected chi connectivity index (χ0v) is 10.9. The molecule has 2 heterocycles. The van der Waals surface area contributed by atoms with Crippen LogP contribution >= 0.6 is 0 Å². The van der Waals surface area contributed by atoms with Crippen molar-refractivity contribution in [3.63, 3.8) is 0 Å². The Balaban J connectivity index is 2.26. The van der Waals surface area contributed by atoms with E-state index in [1.165, 1.54) is 0 Å². The monoisotopic (exact) mass is 273 g/mol. The maximum absolute atomic E-state index is 12.8. The van der Waals surface area contributed by atoms with Crippen LogP contribution in [0.5, 0.6) is 0 Å². The molecule has 1 unspecified atom stereocenters. The summed E-state index contributed by atoms with van der Waals surface area (Å²) in [4.78, 5) is 5.95. The van der Waals surface area contributed by atoms with Crippen LogP contribution in [0.2, 0.25) is 0 Å². The topological polar surface area (TPSA) is 42.1 Å². The third-order valence-electron chi connectivity index (χ3n) is 3.58. The molecule has 0 saturated carbocycles. The Morgan fingerprint density at radius 1 is 1.42 bits per heavy atom. The predicted molar refractivity (Wildman–Crippen MR) is 68.9 cm³/mol. The molecule has 1 aliphatic rings. The molecule has 1 saturated heterocycles. The van der Waals surface area contributed by atoms with Gasteiger partial charge >= 0.3 is 6.18 Å². The second-order valence-electron chi connectivity index (χ2n) is 5.00. The molecule has 0 bridgehead atoms. The summed E-state index contributed by atoms with van der Waals surface area (Å²) in [6, 6.07) is 1.97. The van der Waals surface area contributed by atoms with E-state index in [9.17, 15) is 13.2 Å². The molecule has 1 fully saturated rings. The maximum Gasteiger partial charge on any atom is 0.416 e. The van der Waals surface area contributed by atoms with Gasteiger partial charge in [0.05, 0.1) is 5.56 Å². The molecule has 1 aromatic rings. The SMILES string of the molecule is CCC1CCCN(c2cc(C(F)(F)F)cc(N)n2)C1. The van der Waals surface area contributed by atoms with Crippen LogP contribution in [0.25, 0.3) is 0 Å². The Kier molecular flexibility index (Phi) is 3.87. The second-order valence-corrected chi connectivity index (χ2v) is 5.00. The number of pyridine rings is 1. The van der Waals surface area contributed by atoms with Gasteiger partial charge in [-0.3, -0.25) is 0 Å². The summed E-state index contributed by atoms with van der Waals surface area (Å²) < 4.78 is 38.3. The molecule has 1 aliphatic heterocycles. The highest BCUT2D eigenvalue weighted by Gasteiger charge is 2.32. The fraction of sp³-hybridized carbons (Fsp3) is 0.615. The van der Waals surface area contributed by atoms with Crippen molar-refractivity contribution >= 4 is 11.6 Å². The summed E-state index contributed by atoms with van der Waals surface area (Å²) in [7, 11) is 0. The summed E-state index contributed by atoms with van der Waals surface area (Å²) in [6.45, 7) is 3.59. The zero-order valence-electron chi connectivity index (χ0n) is 10.9. The van der Waals surface area contributed by atoms with Crippen molar-refractivity contribution in [3.8, 4) is 0 Å². The van der Waals surface area contributed by atoms with Crippen molar-refractivity contribution in [2.45, 2.75) is 32.4 Å². The van der Waals surface area contributed by atoms with Crippen LogP contribution in [-0.4, -0.2) is 18.1 Å². The molecular formula is C13H18F3N3. The van der Waals surface area contributed by atoms with Crippen LogP contribution in [0.3, 0.4) is 0 Å². The van der Waals surface area contributed by atoms with E-state index in [1.54, 1.807) is 0 Å². The Morgan fingerprint density at radius 3 is 2.79 bits per heavy atom. The van der Waals surface area contributed by atoms with E-state index < -0.39 is 11.7 Å². The number of rotatable bonds is 2. The molecule has 2 N–H and O–H groups in total. The summed E-state index contributed by atoms with van der Waals surface area (Å²) >= 11 is 0. The molecule has 19 heavy (non-hydrogen) atoms. The van der Waals surface area contributed by atoms with E-state index in [0.717, 1.165) is 44.5 Å². The smallest absolute Gasteiger partial charge is 0.384 e. The first-order valence-corrected chi connectivity index (χ1v) is 6.50. The molecule has 3 nitrogen and oxygen atoms in total. The molecule has 0 aliphatic carbocycles. The predicted octanol–water partition coefficient (Wildman–Crippen LogP) is 3.31. The molecule has 0 radical (unpaired) electrons. The van der Waals surface area contributed by atoms with Crippen LogP contribution in [0, 0.1) is 5.92 Å². The Hall–Kier alpha value is -1.46. The average Bonchev–Trinajstić information content (AvgIpc) is 2.37. The lowest BCUT2D eigenvalue weighted by molar-refractivity contribution is -0.137. The maximum atomic E-state index is 12.8. The Morgan fingerprint density at radius 2 is 2.16 bits per heavy atom. The molecule has 6 heteroatoms. The molecular weight excluding hydrogens is 255 g/mol. The van der Waals surface area contributed by atoms with Gasteiger partial charge in [-0.1, -0.05) is 13.3 Å². The molecule has 106 valence electrons. The third-order valence-corrected chi connectivity index (χ3v) is 3.58. The van der Waals surface area contributed by atoms with E-state index >= 15 is 0 Å². The third kappa shape index (κ3) is 3.30. The number of anilines is 2. The Bertz CT molecular complexity index is 445. The first-order chi connectivity index (χ1) is 8.90. The molecule has 1 atom stereocenters. The summed E-state index contributed by atoms with van der Waals surface area (Å²) in [5.41, 5.74) is 4.76. The quantitative estimate of drug-likeness (QED) is 0.899. The van der Waals surface area contributed by atoms with E-state index in [1.807, 2.05) is 4.90 Å². The minimum absolute atomic E-state index is 0.0801. The van der Waals surface area contributed by atoms with E-state index in [4.69, 9.17) is 5.73 Å². The standard InChI is InChI=1S/C13H18F3N3/c1-2-9-4-3-5-19(8-9)12-7-10(13(14,15)16)6-11(17)18-12/h6-7,9H,2-5,8H2,1H3,(H2,17,18). The van der Waals surface area contributed by atoms with Crippen molar-refractivity contribution < 1.29 is 13.2 Å². The lowest BCUT2D eigenvalue weighted by Gasteiger charge is -2.33. The van der Waals surface area contributed by atoms with Gasteiger partial charge < -0.3 is 10.6 Å². The van der Waals surface area contributed by atoms with Gasteiger partial charge in [-0.15, -0.1) is 0 Å². The van der Waals surface area contributed by atoms with E-state index in [-0.39, 0.29) is 5.82 Å². The molecule has 1 aromatic heterocycles. The normalized spacial score (nSPS) is 20.6. The second kappa shape index (κ2) is 5.27. The van der Waals surface area contributed by atoms with Crippen LogP contribution < -0.4 is 10.6 Å². The van der Waals surface area contributed by atoms with Crippen LogP contribution in [0.1, 0.15) is 31.7 Å². The molecule has 0 amide bonds. The summed E-state index contributed by atoms with van der Waals surface area (Å²) in [6.07, 6.45) is -1.24. The average molecular weight is 273 g/mol. The first kappa shape index (κ1) is 14.0. The number of nitrogen functional groups attached to an aromatic ring is 1. The lowest BCUT2D eigenvalue weighted by atomic mass is 9.95. The molecule has 0 aromatic carbocycles. The number of piperidine rings is 1. The minimum atomic E-state index is -4.38. The van der Waals surface area contributed by atoms with Crippen molar-refractivity contribution in [3.05, 3.63) is 17.7 Å². The fourth-order valence-electron chi connectivity index (χ4n) is 2.47. The number of alkyl halides is 3. The highest BCUT2D eigenvalue weighted by atomic mass is 19.4. The van der Waals surface area contributed by atoms with Gasteiger partial charge in [0.2, 0.25) is 0 Å². The van der Waals surface area contributed by atoms with Gasteiger partial charge in [0.15, 0.2) is 0 Å². The van der Waals surface area contributed by atoms with E-state index in [0.29, 0.717) is 11.7 Å². The van der Waals surface area contributed by atoms with E-state index in [2.05, 4.69) is 11.9 Å². The molecule has 2 rings (SSSR count). The van der Waals surface area contributed by atoms with Crippen LogP contribution in [0.4, 0.5) is 24.8 Å². The van der Waals surface area contributed by atoms with Crippen LogP contribution in [-0.2, 0) is 6.18 Å². The van der Waals surface area contributed by atoms with Gasteiger partial charge in [-0.25, -0.2) is 4.98 Å². The summed E-state index contributed by atoms with van der Waals surface area (Å²) in [5, 5.41) is 0. The minimum Gasteiger partial charge on any atom is -0.384 e. The highest BCUT2D eigenvalue weighted by Crippen LogP contribution is 2.33. The Labute approximate surface area is 110 Å². The largest absolute Gasteiger partial charge is 0.416 e. The van der Waals surface area contributed by atoms with Gasteiger partial charge in [0, 0.05) is 13.1 Å². The number of nitrogens with zero attached hydrogens (tertiary/aromatic N) is 2. The summed E-state index contributed by atoms with van der Waals surface area (Å²) in [5.74, 6) is 0.778. The number of aromatic nitrogens is 1. The van der Waals surface area contributed by atoms with Crippen molar-refractivity contribution in [1.29, 1.82) is 0 Å². The number of nitrogens with two attached hydrogens (primary N) is 1. The number of hydrogen-bond donors (Lipinski definition) is 1.